The van der Waals surface area contributed by atoms with Crippen molar-refractivity contribution in [3.05, 3.63) is 12.2 Å². The lowest BCUT2D eigenvalue weighted by molar-refractivity contribution is -0.158. The van der Waals surface area contributed by atoms with Gasteiger partial charge in [-0.25, -0.2) is 4.79 Å². The van der Waals surface area contributed by atoms with Crippen molar-refractivity contribution >= 4 is 5.97 Å². The van der Waals surface area contributed by atoms with Crippen molar-refractivity contribution in [3.8, 4) is 0 Å². The van der Waals surface area contributed by atoms with Crippen molar-refractivity contribution in [1.29, 1.82) is 0 Å². The van der Waals surface area contributed by atoms with Crippen LogP contribution in [0.25, 0.3) is 0 Å². The van der Waals surface area contributed by atoms with E-state index in [0.29, 0.717) is 5.57 Å². The van der Waals surface area contributed by atoms with E-state index >= 15 is 0 Å². The Bertz CT molecular complexity index is 247. The number of hydrogen-bond acceptors (Lipinski definition) is 2. The summed E-state index contributed by atoms with van der Waals surface area (Å²) >= 11 is 0. The highest BCUT2D eigenvalue weighted by molar-refractivity contribution is 5.87. The molecule has 0 aliphatic heterocycles. The maximum atomic E-state index is 11.9. The van der Waals surface area contributed by atoms with Crippen LogP contribution in [0.1, 0.15) is 85.5 Å². The van der Waals surface area contributed by atoms with Gasteiger partial charge in [0.2, 0.25) is 0 Å². The molecule has 0 rings (SSSR count). The minimum absolute atomic E-state index is 0.219. The summed E-state index contributed by atoms with van der Waals surface area (Å²) in [5.41, 5.74) is 0.256. The molecule has 0 aromatic rings. The molecule has 19 heavy (non-hydrogen) atoms. The predicted octanol–water partition coefficient (Wildman–Crippen LogP) is 5.42. The summed E-state index contributed by atoms with van der Waals surface area (Å²) in [7, 11) is 0. The Morgan fingerprint density at radius 1 is 0.947 bits per heavy atom. The molecule has 0 aliphatic rings. The van der Waals surface area contributed by atoms with Crippen LogP contribution < -0.4 is 0 Å². The first kappa shape index (κ1) is 18.2. The molecule has 0 heterocycles. The van der Waals surface area contributed by atoms with Crippen molar-refractivity contribution in [2.75, 3.05) is 0 Å². The Hall–Kier alpha value is -0.790. The average molecular weight is 268 g/mol. The number of carbonyl (C=O) groups excluding carboxylic acids is 1. The summed E-state index contributed by atoms with van der Waals surface area (Å²) in [6.45, 7) is 12.0. The lowest BCUT2D eigenvalue weighted by Crippen LogP contribution is -2.35. The highest BCUT2D eigenvalue weighted by Crippen LogP contribution is 2.32. The number of unbranched alkanes of at least 4 members (excludes halogenated alkanes) is 3. The molecule has 0 N–H and O–H groups in total. The zero-order valence-corrected chi connectivity index (χ0v) is 13.4. The summed E-state index contributed by atoms with van der Waals surface area (Å²) in [6.07, 6.45) is 9.76. The lowest BCUT2D eigenvalue weighted by atomic mass is 9.85. The quantitative estimate of drug-likeness (QED) is 0.369. The Morgan fingerprint density at radius 3 is 1.58 bits per heavy atom. The topological polar surface area (TPSA) is 26.3 Å². The van der Waals surface area contributed by atoms with Gasteiger partial charge in [0, 0.05) is 5.57 Å². The van der Waals surface area contributed by atoms with Gasteiger partial charge in [0.15, 0.2) is 0 Å². The van der Waals surface area contributed by atoms with Crippen LogP contribution in [0.5, 0.6) is 0 Å². The van der Waals surface area contributed by atoms with Gasteiger partial charge in [0.25, 0.3) is 0 Å². The maximum absolute atomic E-state index is 11.9. The van der Waals surface area contributed by atoms with Gasteiger partial charge in [-0.3, -0.25) is 0 Å². The summed E-state index contributed by atoms with van der Waals surface area (Å²) in [5, 5.41) is 0. The third-order valence-electron chi connectivity index (χ3n) is 3.62. The van der Waals surface area contributed by atoms with E-state index in [-0.39, 0.29) is 11.6 Å². The van der Waals surface area contributed by atoms with Crippen molar-refractivity contribution < 1.29 is 9.53 Å². The molecular weight excluding hydrogens is 236 g/mol. The second-order valence-electron chi connectivity index (χ2n) is 5.66. The largest absolute Gasteiger partial charge is 0.456 e. The van der Waals surface area contributed by atoms with Crippen LogP contribution >= 0.6 is 0 Å². The minimum Gasteiger partial charge on any atom is -0.456 e. The Balaban J connectivity index is 4.85. The molecule has 0 unspecified atom stereocenters. The van der Waals surface area contributed by atoms with Crippen molar-refractivity contribution in [1.82, 2.24) is 0 Å². The Labute approximate surface area is 119 Å². The Kier molecular flexibility index (Phi) is 9.63. The van der Waals surface area contributed by atoms with Gasteiger partial charge in [0.05, 0.1) is 0 Å². The van der Waals surface area contributed by atoms with Crippen LogP contribution in [0.3, 0.4) is 0 Å². The molecule has 0 fully saturated rings. The monoisotopic (exact) mass is 268 g/mol. The van der Waals surface area contributed by atoms with E-state index in [1.807, 2.05) is 0 Å². The fourth-order valence-electron chi connectivity index (χ4n) is 2.31. The first-order chi connectivity index (χ1) is 9.01. The molecule has 2 nitrogen and oxygen atoms in total. The van der Waals surface area contributed by atoms with E-state index in [1.165, 1.54) is 0 Å². The van der Waals surface area contributed by atoms with Gasteiger partial charge in [-0.05, 0) is 45.4 Å². The van der Waals surface area contributed by atoms with E-state index in [9.17, 15) is 4.79 Å². The average Bonchev–Trinajstić information content (AvgIpc) is 2.40. The lowest BCUT2D eigenvalue weighted by Gasteiger charge is -2.34. The number of carbonyl (C=O) groups is 1. The SMILES string of the molecule is C=C(C)C(=O)OC(CCCC)(CCCC)CCCC. The van der Waals surface area contributed by atoms with Gasteiger partial charge in [0.1, 0.15) is 5.60 Å². The smallest absolute Gasteiger partial charge is 0.333 e. The fraction of sp³-hybridized carbons (Fsp3) is 0.824. The van der Waals surface area contributed by atoms with E-state index in [0.717, 1.165) is 57.8 Å². The molecule has 0 amide bonds. The summed E-state index contributed by atoms with van der Waals surface area (Å²) in [4.78, 5) is 11.9. The third-order valence-corrected chi connectivity index (χ3v) is 3.62. The van der Waals surface area contributed by atoms with Crippen LogP contribution in [0.15, 0.2) is 12.2 Å². The predicted molar refractivity (Wildman–Crippen MR) is 82.2 cm³/mol. The van der Waals surface area contributed by atoms with Gasteiger partial charge >= 0.3 is 5.97 Å². The molecule has 0 saturated carbocycles. The minimum atomic E-state index is -0.252. The highest BCUT2D eigenvalue weighted by Gasteiger charge is 2.32. The zero-order valence-electron chi connectivity index (χ0n) is 13.4. The number of ether oxygens (including phenoxy) is 1. The van der Waals surface area contributed by atoms with E-state index < -0.39 is 0 Å². The number of rotatable bonds is 11. The van der Waals surface area contributed by atoms with Gasteiger partial charge in [-0.2, -0.15) is 0 Å². The van der Waals surface area contributed by atoms with Crippen molar-refractivity contribution in [3.63, 3.8) is 0 Å². The molecular formula is C17H32O2. The van der Waals surface area contributed by atoms with Crippen molar-refractivity contribution in [2.24, 2.45) is 0 Å². The second kappa shape index (κ2) is 10.1. The molecule has 0 atom stereocenters. The van der Waals surface area contributed by atoms with E-state index in [1.54, 1.807) is 6.92 Å². The normalized spacial score (nSPS) is 11.4. The summed E-state index contributed by atoms with van der Waals surface area (Å²) in [6, 6.07) is 0. The second-order valence-corrected chi connectivity index (χ2v) is 5.66. The zero-order chi connectivity index (χ0) is 14.7. The van der Waals surface area contributed by atoms with Crippen LogP contribution in [0.4, 0.5) is 0 Å². The standard InChI is InChI=1S/C17H32O2/c1-6-9-12-17(13-10-7-2,14-11-8-3)19-16(18)15(4)5/h4,6-14H2,1-3,5H3. The van der Waals surface area contributed by atoms with Crippen LogP contribution in [0.2, 0.25) is 0 Å². The molecule has 0 radical (unpaired) electrons. The molecule has 0 spiro atoms. The van der Waals surface area contributed by atoms with Crippen LogP contribution in [0, 0.1) is 0 Å². The third kappa shape index (κ3) is 7.39. The molecule has 0 aliphatic carbocycles. The fourth-order valence-corrected chi connectivity index (χ4v) is 2.31. The first-order valence-corrected chi connectivity index (χ1v) is 7.90. The van der Waals surface area contributed by atoms with Crippen LogP contribution in [-0.2, 0) is 9.53 Å². The molecule has 0 saturated heterocycles. The first-order valence-electron chi connectivity index (χ1n) is 7.90. The molecule has 2 heteroatoms. The highest BCUT2D eigenvalue weighted by atomic mass is 16.6. The molecule has 0 aromatic heterocycles. The van der Waals surface area contributed by atoms with Gasteiger partial charge in [-0.1, -0.05) is 46.6 Å². The molecule has 0 bridgehead atoms. The van der Waals surface area contributed by atoms with E-state index in [2.05, 4.69) is 27.4 Å². The van der Waals surface area contributed by atoms with Gasteiger partial charge < -0.3 is 4.74 Å². The van der Waals surface area contributed by atoms with Crippen LogP contribution in [-0.4, -0.2) is 11.6 Å². The number of esters is 1. The van der Waals surface area contributed by atoms with E-state index in [4.69, 9.17) is 4.74 Å². The molecule has 112 valence electrons. The summed E-state index contributed by atoms with van der Waals surface area (Å²) in [5.74, 6) is -0.219. The Morgan fingerprint density at radius 2 is 1.32 bits per heavy atom. The number of hydrogen-bond donors (Lipinski definition) is 0. The van der Waals surface area contributed by atoms with Crippen molar-refractivity contribution in [2.45, 2.75) is 91.1 Å². The van der Waals surface area contributed by atoms with Gasteiger partial charge in [-0.15, -0.1) is 0 Å². The summed E-state index contributed by atoms with van der Waals surface area (Å²) < 4.78 is 5.87. The molecule has 0 aromatic carbocycles. The maximum Gasteiger partial charge on any atom is 0.333 e.